The molecular formula is C22H21ClN2O2S2. The molecule has 29 heavy (non-hydrogen) atoms. The minimum Gasteiger partial charge on any atom is -0.347 e. The van der Waals surface area contributed by atoms with Crippen LogP contribution in [-0.4, -0.2) is 19.0 Å². The minimum absolute atomic E-state index is 0. The molecule has 0 spiro atoms. The summed E-state index contributed by atoms with van der Waals surface area (Å²) >= 11 is 1.48. The van der Waals surface area contributed by atoms with Crippen molar-refractivity contribution >= 4 is 54.6 Å². The molecule has 0 aliphatic carbocycles. The van der Waals surface area contributed by atoms with Crippen molar-refractivity contribution in [3.8, 4) is 0 Å². The molecule has 2 aliphatic heterocycles. The number of aryl methyl sites for hydroxylation is 1. The molecule has 0 radical (unpaired) electrons. The zero-order valence-corrected chi connectivity index (χ0v) is 18.3. The number of nitrogens with zero attached hydrogens (tertiary/aromatic N) is 1. The van der Waals surface area contributed by atoms with Crippen LogP contribution in [0.1, 0.15) is 30.1 Å². The summed E-state index contributed by atoms with van der Waals surface area (Å²) in [5.41, 5.74) is 3.78. The average Bonchev–Trinajstić information content (AvgIpc) is 3.38. The van der Waals surface area contributed by atoms with Crippen LogP contribution in [-0.2, 0) is 23.3 Å². The van der Waals surface area contributed by atoms with Crippen LogP contribution in [0.3, 0.4) is 0 Å². The third-order valence-corrected chi connectivity index (χ3v) is 9.31. The van der Waals surface area contributed by atoms with Gasteiger partial charge in [0.15, 0.2) is 0 Å². The molecule has 2 aliphatic rings. The lowest BCUT2D eigenvalue weighted by Gasteiger charge is -2.23. The Balaban J connectivity index is 0.00000181. The minimum atomic E-state index is -3.56. The van der Waals surface area contributed by atoms with Crippen LogP contribution in [0, 0.1) is 0 Å². The summed E-state index contributed by atoms with van der Waals surface area (Å²) in [6.45, 7) is 0. The first-order chi connectivity index (χ1) is 13.5. The Hall–Kier alpha value is -1.86. The van der Waals surface area contributed by atoms with Crippen molar-refractivity contribution in [1.29, 1.82) is 0 Å². The fourth-order valence-corrected chi connectivity index (χ4v) is 7.82. The summed E-state index contributed by atoms with van der Waals surface area (Å²) < 4.78 is 30.2. The Morgan fingerprint density at radius 2 is 1.93 bits per heavy atom. The highest BCUT2D eigenvalue weighted by Crippen LogP contribution is 2.42. The van der Waals surface area contributed by atoms with E-state index >= 15 is 0 Å². The predicted molar refractivity (Wildman–Crippen MR) is 120 cm³/mol. The van der Waals surface area contributed by atoms with Gasteiger partial charge in [0.05, 0.1) is 9.79 Å². The van der Waals surface area contributed by atoms with Crippen LogP contribution in [0.2, 0.25) is 0 Å². The Labute approximate surface area is 179 Å². The molecule has 150 valence electrons. The molecule has 2 atom stereocenters. The molecule has 2 bridgehead atoms. The van der Waals surface area contributed by atoms with E-state index in [-0.39, 0.29) is 12.4 Å². The number of rotatable bonds is 2. The van der Waals surface area contributed by atoms with Crippen molar-refractivity contribution in [1.82, 2.24) is 9.88 Å². The van der Waals surface area contributed by atoms with Gasteiger partial charge < -0.3 is 9.88 Å². The lowest BCUT2D eigenvalue weighted by atomic mass is 9.99. The van der Waals surface area contributed by atoms with Gasteiger partial charge in [0.2, 0.25) is 9.84 Å². The maximum absolute atomic E-state index is 13.5. The third-order valence-electron chi connectivity index (χ3n) is 6.41. The highest BCUT2D eigenvalue weighted by Gasteiger charge is 2.36. The van der Waals surface area contributed by atoms with Crippen molar-refractivity contribution in [3.05, 3.63) is 59.1 Å². The van der Waals surface area contributed by atoms with Gasteiger partial charge in [-0.3, -0.25) is 0 Å². The summed E-state index contributed by atoms with van der Waals surface area (Å²) in [5.74, 6) is 0. The molecule has 6 rings (SSSR count). The topological polar surface area (TPSA) is 51.1 Å². The van der Waals surface area contributed by atoms with Crippen LogP contribution < -0.4 is 5.32 Å². The first-order valence-electron chi connectivity index (χ1n) is 9.62. The first-order valence-corrected chi connectivity index (χ1v) is 12.0. The maximum atomic E-state index is 13.5. The van der Waals surface area contributed by atoms with E-state index in [0.29, 0.717) is 21.9 Å². The van der Waals surface area contributed by atoms with Gasteiger partial charge in [-0.1, -0.05) is 18.2 Å². The summed E-state index contributed by atoms with van der Waals surface area (Å²) in [6, 6.07) is 14.2. The second kappa shape index (κ2) is 6.57. The van der Waals surface area contributed by atoms with Gasteiger partial charge in [-0.25, -0.2) is 8.42 Å². The highest BCUT2D eigenvalue weighted by atomic mass is 35.5. The number of hydrogen-bond acceptors (Lipinski definition) is 4. The highest BCUT2D eigenvalue weighted by molar-refractivity contribution is 7.92. The molecule has 4 heterocycles. The van der Waals surface area contributed by atoms with Gasteiger partial charge in [-0.15, -0.1) is 23.7 Å². The quantitative estimate of drug-likeness (QED) is 0.473. The number of sulfone groups is 1. The zero-order chi connectivity index (χ0) is 19.0. The monoisotopic (exact) mass is 444 g/mol. The van der Waals surface area contributed by atoms with E-state index in [0.717, 1.165) is 33.8 Å². The predicted octanol–water partition coefficient (Wildman–Crippen LogP) is 5.00. The van der Waals surface area contributed by atoms with Crippen LogP contribution in [0.5, 0.6) is 0 Å². The maximum Gasteiger partial charge on any atom is 0.208 e. The second-order valence-electron chi connectivity index (χ2n) is 7.90. The van der Waals surface area contributed by atoms with Crippen molar-refractivity contribution in [3.63, 3.8) is 0 Å². The molecule has 1 saturated heterocycles. The number of aromatic nitrogens is 1. The molecule has 4 aromatic rings. The van der Waals surface area contributed by atoms with Gasteiger partial charge in [0.1, 0.15) is 0 Å². The van der Waals surface area contributed by atoms with Crippen LogP contribution >= 0.6 is 23.7 Å². The number of benzene rings is 2. The van der Waals surface area contributed by atoms with Gasteiger partial charge in [0.25, 0.3) is 0 Å². The average molecular weight is 445 g/mol. The summed E-state index contributed by atoms with van der Waals surface area (Å²) in [6.07, 6.45) is 3.34. The van der Waals surface area contributed by atoms with Crippen molar-refractivity contribution in [2.45, 2.75) is 41.1 Å². The molecule has 0 saturated carbocycles. The van der Waals surface area contributed by atoms with Crippen molar-refractivity contribution in [2.75, 3.05) is 0 Å². The van der Waals surface area contributed by atoms with Crippen molar-refractivity contribution in [2.24, 2.45) is 7.05 Å². The second-order valence-corrected chi connectivity index (χ2v) is 10.7. The largest absolute Gasteiger partial charge is 0.347 e. The fourth-order valence-electron chi connectivity index (χ4n) is 5.04. The molecule has 1 fully saturated rings. The molecule has 2 aromatic heterocycles. The van der Waals surface area contributed by atoms with E-state index in [1.54, 1.807) is 11.4 Å². The van der Waals surface area contributed by atoms with Gasteiger partial charge in [-0.05, 0) is 42.7 Å². The lowest BCUT2D eigenvalue weighted by Crippen LogP contribution is -2.32. The van der Waals surface area contributed by atoms with Crippen LogP contribution in [0.25, 0.3) is 21.0 Å². The van der Waals surface area contributed by atoms with E-state index in [4.69, 9.17) is 0 Å². The summed E-state index contributed by atoms with van der Waals surface area (Å²) in [5, 5.41) is 7.36. The smallest absolute Gasteiger partial charge is 0.208 e. The Kier molecular flexibility index (Phi) is 4.33. The fraction of sp³-hybridized carbons (Fsp3) is 0.273. The van der Waals surface area contributed by atoms with Gasteiger partial charge in [-0.2, -0.15) is 0 Å². The molecule has 4 nitrogen and oxygen atoms in total. The van der Waals surface area contributed by atoms with E-state index < -0.39 is 9.84 Å². The summed E-state index contributed by atoms with van der Waals surface area (Å²) in [4.78, 5) is 0.799. The first kappa shape index (κ1) is 19.1. The molecule has 1 N–H and O–H groups in total. The summed E-state index contributed by atoms with van der Waals surface area (Å²) in [7, 11) is -1.46. The molecule has 0 amide bonds. The number of fused-ring (bicyclic) bond motifs is 7. The lowest BCUT2D eigenvalue weighted by molar-refractivity contribution is 0.503. The molecule has 2 unspecified atom stereocenters. The SMILES string of the molecule is Cl.Cn1c2c(c3cc(S(=O)(=O)c4csc5ccccc45)ccc31)C1CCC(C2)N1. The zero-order valence-electron chi connectivity index (χ0n) is 15.9. The van der Waals surface area contributed by atoms with Gasteiger partial charge >= 0.3 is 0 Å². The Morgan fingerprint density at radius 3 is 2.79 bits per heavy atom. The number of hydrogen-bond donors (Lipinski definition) is 1. The van der Waals surface area contributed by atoms with Gasteiger partial charge in [0, 0.05) is 57.6 Å². The number of nitrogens with one attached hydrogen (secondary N) is 1. The van der Waals surface area contributed by atoms with Crippen LogP contribution in [0.15, 0.2) is 57.6 Å². The number of halogens is 1. The van der Waals surface area contributed by atoms with Crippen molar-refractivity contribution < 1.29 is 8.42 Å². The Bertz CT molecular complexity index is 1370. The molecule has 7 heteroatoms. The third kappa shape index (κ3) is 2.63. The molecular weight excluding hydrogens is 424 g/mol. The number of thiophene rings is 1. The molecule has 2 aromatic carbocycles. The van der Waals surface area contributed by atoms with E-state index in [2.05, 4.69) is 16.9 Å². The Morgan fingerprint density at radius 1 is 1.10 bits per heavy atom. The van der Waals surface area contributed by atoms with E-state index in [9.17, 15) is 8.42 Å². The van der Waals surface area contributed by atoms with E-state index in [1.807, 2.05) is 36.4 Å². The van der Waals surface area contributed by atoms with Crippen LogP contribution in [0.4, 0.5) is 0 Å². The van der Waals surface area contributed by atoms with E-state index in [1.165, 1.54) is 29.0 Å². The standard InChI is InChI=1S/C22H20N2O2S2.ClH/c1-24-18-9-7-14(11-16(18)22-17-8-6-13(23-17)10-19(22)24)28(25,26)21-12-27-20-5-3-2-4-15(20)21;/h2-5,7,9,11-13,17,23H,6,8,10H2,1H3;1H. The normalized spacial score (nSPS) is 20.7.